The van der Waals surface area contributed by atoms with Crippen molar-refractivity contribution in [1.29, 1.82) is 0 Å². The van der Waals surface area contributed by atoms with Crippen LogP contribution >= 0.6 is 0 Å². The molecule has 1 heteroatoms. The zero-order valence-electron chi connectivity index (χ0n) is 29.7. The van der Waals surface area contributed by atoms with E-state index in [0.29, 0.717) is 0 Å². The van der Waals surface area contributed by atoms with E-state index in [-0.39, 0.29) is 0 Å². The van der Waals surface area contributed by atoms with Crippen molar-refractivity contribution in [2.45, 2.75) is 0 Å². The zero-order valence-corrected chi connectivity index (χ0v) is 29.7. The van der Waals surface area contributed by atoms with Gasteiger partial charge in [0.2, 0.25) is 0 Å². The van der Waals surface area contributed by atoms with Crippen LogP contribution in [0.3, 0.4) is 0 Å². The van der Waals surface area contributed by atoms with Gasteiger partial charge in [0, 0.05) is 21.7 Å². The average molecular weight is 695 g/mol. The first-order valence-electron chi connectivity index (χ1n) is 19.1. The van der Waals surface area contributed by atoms with Gasteiger partial charge in [0.1, 0.15) is 11.2 Å². The lowest BCUT2D eigenvalue weighted by Crippen LogP contribution is -1.89. The maximum atomic E-state index is 7.10. The van der Waals surface area contributed by atoms with Gasteiger partial charge >= 0.3 is 0 Å². The van der Waals surface area contributed by atoms with Crippen LogP contribution in [0.15, 0.2) is 186 Å². The van der Waals surface area contributed by atoms with Gasteiger partial charge in [-0.2, -0.15) is 0 Å². The molecule has 0 aliphatic rings. The number of hydrogen-bond acceptors (Lipinski definition) is 1. The Morgan fingerprint density at radius 2 is 0.655 bits per heavy atom. The number of fused-ring (bicyclic) bond motifs is 5. The maximum absolute atomic E-state index is 7.10. The first-order valence-corrected chi connectivity index (χ1v) is 19.1. The second-order valence-electron chi connectivity index (χ2n) is 15.1. The fourth-order valence-electron chi connectivity index (χ4n) is 9.85. The average Bonchev–Trinajstić information content (AvgIpc) is 3.65. The summed E-state index contributed by atoms with van der Waals surface area (Å²) in [6.07, 6.45) is 0. The molecule has 55 heavy (non-hydrogen) atoms. The zero-order chi connectivity index (χ0) is 35.8. The third kappa shape index (κ3) is 3.97. The Kier molecular flexibility index (Phi) is 5.69. The molecular formula is C54H30O. The van der Waals surface area contributed by atoms with Gasteiger partial charge in [-0.15, -0.1) is 0 Å². The molecule has 0 saturated carbocycles. The SMILES string of the molecule is c1ccc2c(c1)ccc1c2oc2c(-c3ccc4ccc5cccc6ccc3c4c56)ccc(-c3ccc(-c4ccc5ccc6cccc7ccc4c5c67)cc3)c21. The highest BCUT2D eigenvalue weighted by atomic mass is 16.3. The predicted octanol–water partition coefficient (Wildman–Crippen LogP) is 15.5. The third-order valence-electron chi connectivity index (χ3n) is 12.4. The topological polar surface area (TPSA) is 13.1 Å². The summed E-state index contributed by atoms with van der Waals surface area (Å²) in [5.74, 6) is 0. The van der Waals surface area contributed by atoms with E-state index in [1.165, 1.54) is 97.8 Å². The molecule has 13 rings (SSSR count). The molecule has 1 aromatic heterocycles. The van der Waals surface area contributed by atoms with Gasteiger partial charge in [-0.05, 0) is 110 Å². The molecule has 13 aromatic rings. The smallest absolute Gasteiger partial charge is 0.143 e. The van der Waals surface area contributed by atoms with Gasteiger partial charge in [0.15, 0.2) is 0 Å². The molecule has 0 N–H and O–H groups in total. The van der Waals surface area contributed by atoms with E-state index < -0.39 is 0 Å². The number of benzene rings is 12. The molecule has 1 nitrogen and oxygen atoms in total. The molecular weight excluding hydrogens is 665 g/mol. The molecule has 0 aliphatic heterocycles. The van der Waals surface area contributed by atoms with Crippen LogP contribution in [0.4, 0.5) is 0 Å². The van der Waals surface area contributed by atoms with E-state index in [4.69, 9.17) is 4.42 Å². The molecule has 0 aliphatic carbocycles. The molecule has 0 fully saturated rings. The fourth-order valence-corrected chi connectivity index (χ4v) is 9.85. The van der Waals surface area contributed by atoms with Crippen LogP contribution in [0, 0.1) is 0 Å². The predicted molar refractivity (Wildman–Crippen MR) is 235 cm³/mol. The summed E-state index contributed by atoms with van der Waals surface area (Å²) >= 11 is 0. The third-order valence-corrected chi connectivity index (χ3v) is 12.4. The summed E-state index contributed by atoms with van der Waals surface area (Å²) in [6, 6.07) is 67.3. The molecule has 0 amide bonds. The van der Waals surface area contributed by atoms with Crippen molar-refractivity contribution >= 4 is 97.3 Å². The monoisotopic (exact) mass is 694 g/mol. The summed E-state index contributed by atoms with van der Waals surface area (Å²) in [4.78, 5) is 0. The lowest BCUT2D eigenvalue weighted by Gasteiger charge is -2.15. The van der Waals surface area contributed by atoms with Crippen LogP contribution < -0.4 is 0 Å². The molecule has 1 heterocycles. The van der Waals surface area contributed by atoms with E-state index >= 15 is 0 Å². The Hall–Kier alpha value is -7.22. The van der Waals surface area contributed by atoms with Gasteiger partial charge in [-0.25, -0.2) is 0 Å². The first kappa shape index (κ1) is 29.3. The summed E-state index contributed by atoms with van der Waals surface area (Å²) in [5.41, 5.74) is 8.98. The highest BCUT2D eigenvalue weighted by molar-refractivity contribution is 6.28. The van der Waals surface area contributed by atoms with E-state index in [1.807, 2.05) is 0 Å². The molecule has 252 valence electrons. The van der Waals surface area contributed by atoms with Gasteiger partial charge in [0.25, 0.3) is 0 Å². The Morgan fingerprint density at radius 1 is 0.218 bits per heavy atom. The van der Waals surface area contributed by atoms with Gasteiger partial charge < -0.3 is 4.42 Å². The lowest BCUT2D eigenvalue weighted by atomic mass is 9.88. The Labute approximate surface area is 315 Å². The van der Waals surface area contributed by atoms with Crippen molar-refractivity contribution in [3.63, 3.8) is 0 Å². The number of hydrogen-bond donors (Lipinski definition) is 0. The van der Waals surface area contributed by atoms with Crippen molar-refractivity contribution in [3.05, 3.63) is 182 Å². The van der Waals surface area contributed by atoms with Crippen LogP contribution in [0.1, 0.15) is 0 Å². The molecule has 0 spiro atoms. The molecule has 0 unspecified atom stereocenters. The molecule has 12 aromatic carbocycles. The highest BCUT2D eigenvalue weighted by Gasteiger charge is 2.21. The number of rotatable bonds is 3. The normalized spacial score (nSPS) is 12.4. The fraction of sp³-hybridized carbons (Fsp3) is 0. The second kappa shape index (κ2) is 10.7. The van der Waals surface area contributed by atoms with Crippen LogP contribution in [0.5, 0.6) is 0 Å². The van der Waals surface area contributed by atoms with Crippen LogP contribution in [0.25, 0.3) is 131 Å². The van der Waals surface area contributed by atoms with E-state index in [0.717, 1.165) is 32.9 Å². The van der Waals surface area contributed by atoms with Crippen molar-refractivity contribution in [3.8, 4) is 33.4 Å². The van der Waals surface area contributed by atoms with Crippen LogP contribution in [-0.4, -0.2) is 0 Å². The minimum atomic E-state index is 0.926. The largest absolute Gasteiger partial charge is 0.455 e. The maximum Gasteiger partial charge on any atom is 0.143 e. The van der Waals surface area contributed by atoms with Gasteiger partial charge in [0.05, 0.1) is 0 Å². The Balaban J connectivity index is 1.04. The molecule has 0 bridgehead atoms. The Bertz CT molecular complexity index is 3660. The Morgan fingerprint density at radius 3 is 1.31 bits per heavy atom. The van der Waals surface area contributed by atoms with Gasteiger partial charge in [-0.3, -0.25) is 0 Å². The van der Waals surface area contributed by atoms with Crippen molar-refractivity contribution in [2.24, 2.45) is 0 Å². The van der Waals surface area contributed by atoms with Crippen molar-refractivity contribution in [1.82, 2.24) is 0 Å². The van der Waals surface area contributed by atoms with Crippen molar-refractivity contribution < 1.29 is 4.42 Å². The minimum absolute atomic E-state index is 0.926. The van der Waals surface area contributed by atoms with E-state index in [9.17, 15) is 0 Å². The summed E-state index contributed by atoms with van der Waals surface area (Å²) in [7, 11) is 0. The van der Waals surface area contributed by atoms with E-state index in [1.54, 1.807) is 0 Å². The molecule has 0 saturated heterocycles. The summed E-state index contributed by atoms with van der Waals surface area (Å²) in [6.45, 7) is 0. The highest BCUT2D eigenvalue weighted by Crippen LogP contribution is 2.47. The number of furan rings is 1. The quantitative estimate of drug-likeness (QED) is 0.168. The summed E-state index contributed by atoms with van der Waals surface area (Å²) < 4.78 is 7.10. The lowest BCUT2D eigenvalue weighted by molar-refractivity contribution is 0.674. The minimum Gasteiger partial charge on any atom is -0.455 e. The molecule has 0 radical (unpaired) electrons. The standard InChI is InChI=1S/C54H30O/c1-2-10-42-31(5-1)19-28-47-52-41(33-13-11-32(12-14-33)40-24-20-38-17-15-34-6-3-8-36-22-26-44(40)50(38)48(34)36)29-30-46(54(52)55-53(42)47)43-25-21-39-18-16-35-7-4-9-37-23-27-45(43)51(39)49(35)37/h1-30H. The van der Waals surface area contributed by atoms with Gasteiger partial charge in [-0.1, -0.05) is 170 Å². The summed E-state index contributed by atoms with van der Waals surface area (Å²) in [5, 5.41) is 20.1. The van der Waals surface area contributed by atoms with Crippen LogP contribution in [-0.2, 0) is 0 Å². The van der Waals surface area contributed by atoms with E-state index in [2.05, 4.69) is 182 Å². The first-order chi connectivity index (χ1) is 27.3. The second-order valence-corrected chi connectivity index (χ2v) is 15.1. The molecule has 0 atom stereocenters. The van der Waals surface area contributed by atoms with Crippen molar-refractivity contribution in [2.75, 3.05) is 0 Å². The van der Waals surface area contributed by atoms with Crippen LogP contribution in [0.2, 0.25) is 0 Å².